The van der Waals surface area contributed by atoms with Crippen LogP contribution in [0.4, 0.5) is 0 Å². The van der Waals surface area contributed by atoms with Crippen LogP contribution in [0.2, 0.25) is 0 Å². The van der Waals surface area contributed by atoms with Gasteiger partial charge in [-0.25, -0.2) is 4.98 Å². The summed E-state index contributed by atoms with van der Waals surface area (Å²) in [6.45, 7) is 1.73. The van der Waals surface area contributed by atoms with E-state index >= 15 is 0 Å². The molecular formula is C11H12N4OS2. The molecule has 2 rings (SSSR count). The number of primary amides is 1. The van der Waals surface area contributed by atoms with Crippen molar-refractivity contribution in [3.05, 3.63) is 28.2 Å². The Labute approximate surface area is 113 Å². The van der Waals surface area contributed by atoms with Gasteiger partial charge in [-0.2, -0.15) is 0 Å². The molecule has 18 heavy (non-hydrogen) atoms. The van der Waals surface area contributed by atoms with E-state index in [-0.39, 0.29) is 11.2 Å². The highest BCUT2D eigenvalue weighted by Crippen LogP contribution is 2.19. The van der Waals surface area contributed by atoms with Gasteiger partial charge < -0.3 is 5.73 Å². The number of H-pyrrole nitrogens is 1. The van der Waals surface area contributed by atoms with Crippen LogP contribution in [0.3, 0.4) is 0 Å². The van der Waals surface area contributed by atoms with Gasteiger partial charge in [-0.15, -0.1) is 16.4 Å². The number of hydrogen-bond acceptors (Lipinski definition) is 5. The lowest BCUT2D eigenvalue weighted by Crippen LogP contribution is -2.22. The Hall–Kier alpha value is -1.60. The summed E-state index contributed by atoms with van der Waals surface area (Å²) in [5.74, 6) is 0.281. The van der Waals surface area contributed by atoms with Crippen molar-refractivity contribution in [3.63, 3.8) is 0 Å². The molecule has 2 aromatic heterocycles. The van der Waals surface area contributed by atoms with Gasteiger partial charge >= 0.3 is 0 Å². The quantitative estimate of drug-likeness (QED) is 0.820. The summed E-state index contributed by atoms with van der Waals surface area (Å²) in [6.07, 6.45) is 3.80. The molecule has 3 N–H and O–H groups in total. The second-order valence-corrected chi connectivity index (χ2v) is 5.80. The van der Waals surface area contributed by atoms with E-state index in [9.17, 15) is 4.79 Å². The van der Waals surface area contributed by atoms with E-state index in [1.807, 2.05) is 29.7 Å². The first-order valence-electron chi connectivity index (χ1n) is 5.25. The molecule has 0 aliphatic carbocycles. The molecule has 7 heteroatoms. The highest BCUT2D eigenvalue weighted by molar-refractivity contribution is 8.00. The first-order valence-corrected chi connectivity index (χ1v) is 7.01. The fourth-order valence-corrected chi connectivity index (χ4v) is 2.45. The molecule has 0 fully saturated rings. The third-order valence-electron chi connectivity index (χ3n) is 2.11. The van der Waals surface area contributed by atoms with Crippen molar-refractivity contribution in [2.75, 3.05) is 0 Å². The Morgan fingerprint density at radius 1 is 1.61 bits per heavy atom. The maximum absolute atomic E-state index is 10.9. The van der Waals surface area contributed by atoms with Crippen molar-refractivity contribution in [1.29, 1.82) is 0 Å². The fraction of sp³-hybridized carbons (Fsp3) is 0.182. The lowest BCUT2D eigenvalue weighted by molar-refractivity contribution is -0.117. The van der Waals surface area contributed by atoms with E-state index < -0.39 is 0 Å². The van der Waals surface area contributed by atoms with Gasteiger partial charge in [0.2, 0.25) is 11.1 Å². The molecule has 0 saturated carbocycles. The minimum Gasteiger partial charge on any atom is -0.369 e. The molecule has 1 unspecified atom stereocenters. The van der Waals surface area contributed by atoms with E-state index in [4.69, 9.17) is 5.73 Å². The number of thioether (sulfide) groups is 1. The zero-order valence-corrected chi connectivity index (χ0v) is 11.3. The standard InChI is InChI=1S/C11H12N4OS2/c1-7(10(12)16)18-11-13-9(14-15-11)5-4-8-3-2-6-17-8/h2-7H,1H3,(H2,12,16)(H,13,14,15). The highest BCUT2D eigenvalue weighted by Gasteiger charge is 2.13. The third kappa shape index (κ3) is 3.44. The number of nitrogens with zero attached hydrogens (tertiary/aromatic N) is 2. The lowest BCUT2D eigenvalue weighted by atomic mass is 10.4. The minimum atomic E-state index is -0.375. The number of aromatic amines is 1. The second-order valence-electron chi connectivity index (χ2n) is 3.51. The predicted molar refractivity (Wildman–Crippen MR) is 74.1 cm³/mol. The van der Waals surface area contributed by atoms with Crippen molar-refractivity contribution in [1.82, 2.24) is 15.2 Å². The minimum absolute atomic E-state index is 0.338. The van der Waals surface area contributed by atoms with Crippen LogP contribution in [0.5, 0.6) is 0 Å². The van der Waals surface area contributed by atoms with Crippen LogP contribution in [-0.2, 0) is 4.79 Å². The average molecular weight is 280 g/mol. The van der Waals surface area contributed by atoms with Crippen molar-refractivity contribution in [2.45, 2.75) is 17.3 Å². The molecule has 0 spiro atoms. The van der Waals surface area contributed by atoms with Crippen LogP contribution in [0.15, 0.2) is 22.7 Å². The number of nitrogens with two attached hydrogens (primary N) is 1. The number of aromatic nitrogens is 3. The van der Waals surface area contributed by atoms with E-state index in [2.05, 4.69) is 15.2 Å². The topological polar surface area (TPSA) is 84.7 Å². The van der Waals surface area contributed by atoms with Gasteiger partial charge in [0, 0.05) is 4.88 Å². The zero-order valence-electron chi connectivity index (χ0n) is 9.66. The second kappa shape index (κ2) is 5.83. The van der Waals surface area contributed by atoms with Crippen LogP contribution in [-0.4, -0.2) is 26.3 Å². The summed E-state index contributed by atoms with van der Waals surface area (Å²) in [4.78, 5) is 16.3. The summed E-state index contributed by atoms with van der Waals surface area (Å²) >= 11 is 2.88. The zero-order chi connectivity index (χ0) is 13.0. The maximum atomic E-state index is 10.9. The Bertz CT molecular complexity index is 547. The van der Waals surface area contributed by atoms with Crippen LogP contribution < -0.4 is 5.73 Å². The molecule has 1 atom stereocenters. The van der Waals surface area contributed by atoms with Crippen LogP contribution >= 0.6 is 23.1 Å². The van der Waals surface area contributed by atoms with E-state index in [0.717, 1.165) is 4.88 Å². The predicted octanol–water partition coefficient (Wildman–Crippen LogP) is 2.00. The van der Waals surface area contributed by atoms with Gasteiger partial charge in [-0.1, -0.05) is 17.8 Å². The number of rotatable bonds is 5. The number of thiophene rings is 1. The van der Waals surface area contributed by atoms with Crippen molar-refractivity contribution < 1.29 is 4.79 Å². The maximum Gasteiger partial charge on any atom is 0.230 e. The van der Waals surface area contributed by atoms with Crippen molar-refractivity contribution in [3.8, 4) is 0 Å². The first kappa shape index (κ1) is 12.8. The molecule has 0 bridgehead atoms. The smallest absolute Gasteiger partial charge is 0.230 e. The van der Waals surface area contributed by atoms with E-state index in [1.165, 1.54) is 11.8 Å². The van der Waals surface area contributed by atoms with E-state index in [0.29, 0.717) is 11.0 Å². The Morgan fingerprint density at radius 3 is 3.11 bits per heavy atom. The average Bonchev–Trinajstić information content (AvgIpc) is 2.96. The fourth-order valence-electron chi connectivity index (χ4n) is 1.15. The molecular weight excluding hydrogens is 268 g/mol. The monoisotopic (exact) mass is 280 g/mol. The number of nitrogens with one attached hydrogen (secondary N) is 1. The normalized spacial score (nSPS) is 12.9. The molecule has 0 saturated heterocycles. The van der Waals surface area contributed by atoms with Crippen LogP contribution in [0.25, 0.3) is 12.2 Å². The molecule has 2 aromatic rings. The molecule has 0 aromatic carbocycles. The number of hydrogen-bond donors (Lipinski definition) is 2. The molecule has 0 radical (unpaired) electrons. The summed E-state index contributed by atoms with van der Waals surface area (Å²) in [5.41, 5.74) is 5.18. The largest absolute Gasteiger partial charge is 0.369 e. The molecule has 0 aliphatic heterocycles. The molecule has 5 nitrogen and oxygen atoms in total. The molecule has 2 heterocycles. The summed E-state index contributed by atoms with van der Waals surface area (Å²) in [5, 5.41) is 9.00. The van der Waals surface area contributed by atoms with Gasteiger partial charge in [-0.3, -0.25) is 9.89 Å². The summed E-state index contributed by atoms with van der Waals surface area (Å²) in [6, 6.07) is 4.00. The first-order chi connectivity index (χ1) is 8.65. The summed E-state index contributed by atoms with van der Waals surface area (Å²) < 4.78 is 0. The number of carbonyl (C=O) groups excluding carboxylic acids is 1. The summed E-state index contributed by atoms with van der Waals surface area (Å²) in [7, 11) is 0. The third-order valence-corrected chi connectivity index (χ3v) is 3.93. The van der Waals surface area contributed by atoms with Crippen LogP contribution in [0, 0.1) is 0 Å². The SMILES string of the molecule is CC(Sc1n[nH]c(C=Cc2cccs2)n1)C(N)=O. The van der Waals surface area contributed by atoms with Gasteiger partial charge in [0.05, 0.1) is 5.25 Å². The number of amides is 1. The highest BCUT2D eigenvalue weighted by atomic mass is 32.2. The molecule has 0 aliphatic rings. The van der Waals surface area contributed by atoms with Gasteiger partial charge in [0.25, 0.3) is 0 Å². The Kier molecular flexibility index (Phi) is 4.16. The number of carbonyl (C=O) groups is 1. The van der Waals surface area contributed by atoms with Crippen molar-refractivity contribution >= 4 is 41.2 Å². The molecule has 1 amide bonds. The lowest BCUT2D eigenvalue weighted by Gasteiger charge is -2.00. The van der Waals surface area contributed by atoms with Gasteiger partial charge in [0.1, 0.15) is 5.82 Å². The van der Waals surface area contributed by atoms with Crippen LogP contribution in [0.1, 0.15) is 17.6 Å². The van der Waals surface area contributed by atoms with Gasteiger partial charge in [0.15, 0.2) is 0 Å². The Balaban J connectivity index is 2.00. The van der Waals surface area contributed by atoms with E-state index in [1.54, 1.807) is 18.3 Å². The Morgan fingerprint density at radius 2 is 2.44 bits per heavy atom. The van der Waals surface area contributed by atoms with Crippen molar-refractivity contribution in [2.24, 2.45) is 5.73 Å². The molecule has 94 valence electrons. The van der Waals surface area contributed by atoms with Gasteiger partial charge in [-0.05, 0) is 30.5 Å².